The van der Waals surface area contributed by atoms with Gasteiger partial charge in [0.05, 0.1) is 6.10 Å². The minimum atomic E-state index is -0.390. The van der Waals surface area contributed by atoms with Crippen molar-refractivity contribution in [3.05, 3.63) is 64.1 Å². The monoisotopic (exact) mass is 320 g/mol. The molecule has 19 heavy (non-hydrogen) atoms. The Hall–Kier alpha value is -1.32. The largest absolute Gasteiger partial charge is 0.489 e. The molecule has 0 heterocycles. The maximum atomic E-state index is 9.71. The molecule has 0 aliphatic rings. The smallest absolute Gasteiger partial charge is 0.119 e. The van der Waals surface area contributed by atoms with Gasteiger partial charge in [-0.25, -0.2) is 0 Å². The summed E-state index contributed by atoms with van der Waals surface area (Å²) in [6.07, 6.45) is 0.331. The maximum absolute atomic E-state index is 9.71. The molecule has 0 fully saturated rings. The molecular formula is C16H17BrO2. The summed E-state index contributed by atoms with van der Waals surface area (Å²) in [6.45, 7) is 2.50. The van der Waals surface area contributed by atoms with Gasteiger partial charge in [-0.3, -0.25) is 0 Å². The Morgan fingerprint density at radius 3 is 2.53 bits per heavy atom. The van der Waals surface area contributed by atoms with Crippen LogP contribution in [0.5, 0.6) is 5.75 Å². The molecule has 0 saturated carbocycles. The third kappa shape index (κ3) is 4.08. The van der Waals surface area contributed by atoms with Crippen LogP contribution in [0, 0.1) is 0 Å². The lowest BCUT2D eigenvalue weighted by atomic mass is 10.1. The third-order valence-corrected chi connectivity index (χ3v) is 3.44. The summed E-state index contributed by atoms with van der Waals surface area (Å²) >= 11 is 3.44. The average molecular weight is 321 g/mol. The molecule has 100 valence electrons. The van der Waals surface area contributed by atoms with Crippen molar-refractivity contribution < 1.29 is 9.84 Å². The van der Waals surface area contributed by atoms with Crippen molar-refractivity contribution in [1.82, 2.24) is 0 Å². The molecule has 0 aromatic heterocycles. The summed E-state index contributed by atoms with van der Waals surface area (Å²) in [7, 11) is 0. The minimum Gasteiger partial charge on any atom is -0.489 e. The number of aliphatic hydroxyl groups excluding tert-OH is 1. The van der Waals surface area contributed by atoms with E-state index in [0.29, 0.717) is 6.61 Å². The Morgan fingerprint density at radius 1 is 1.16 bits per heavy atom. The second kappa shape index (κ2) is 6.73. The van der Waals surface area contributed by atoms with Crippen LogP contribution in [0.1, 0.15) is 30.6 Å². The highest BCUT2D eigenvalue weighted by atomic mass is 79.9. The van der Waals surface area contributed by atoms with Gasteiger partial charge >= 0.3 is 0 Å². The van der Waals surface area contributed by atoms with Crippen LogP contribution in [-0.4, -0.2) is 5.11 Å². The summed E-state index contributed by atoms with van der Waals surface area (Å²) in [6, 6.07) is 15.6. The molecule has 0 aliphatic heterocycles. The molecule has 2 rings (SSSR count). The predicted molar refractivity (Wildman–Crippen MR) is 80.2 cm³/mol. The molecule has 1 unspecified atom stereocenters. The van der Waals surface area contributed by atoms with Crippen molar-refractivity contribution in [3.63, 3.8) is 0 Å². The van der Waals surface area contributed by atoms with E-state index in [9.17, 15) is 5.11 Å². The highest BCUT2D eigenvalue weighted by Crippen LogP contribution is 2.21. The predicted octanol–water partition coefficient (Wildman–Crippen LogP) is 4.47. The van der Waals surface area contributed by atoms with Crippen LogP contribution in [0.15, 0.2) is 53.0 Å². The lowest BCUT2D eigenvalue weighted by molar-refractivity contribution is 0.173. The Bertz CT molecular complexity index is 523. The van der Waals surface area contributed by atoms with E-state index in [1.807, 2.05) is 55.5 Å². The second-order valence-electron chi connectivity index (χ2n) is 4.41. The van der Waals surface area contributed by atoms with E-state index in [0.717, 1.165) is 27.8 Å². The first-order valence-corrected chi connectivity index (χ1v) is 7.13. The first kappa shape index (κ1) is 14.1. The summed E-state index contributed by atoms with van der Waals surface area (Å²) in [5, 5.41) is 9.71. The molecule has 0 spiro atoms. The SMILES string of the molecule is CCC(O)c1ccc(OCc2cccc(Br)c2)cc1. The molecule has 1 N–H and O–H groups in total. The van der Waals surface area contributed by atoms with Crippen molar-refractivity contribution >= 4 is 15.9 Å². The van der Waals surface area contributed by atoms with Gasteiger partial charge < -0.3 is 9.84 Å². The van der Waals surface area contributed by atoms with E-state index >= 15 is 0 Å². The number of benzene rings is 2. The van der Waals surface area contributed by atoms with E-state index in [-0.39, 0.29) is 6.10 Å². The molecule has 0 bridgehead atoms. The number of hydrogen-bond donors (Lipinski definition) is 1. The van der Waals surface area contributed by atoms with Crippen molar-refractivity contribution in [2.75, 3.05) is 0 Å². The fourth-order valence-corrected chi connectivity index (χ4v) is 2.26. The van der Waals surface area contributed by atoms with E-state index in [1.165, 1.54) is 0 Å². The molecule has 2 nitrogen and oxygen atoms in total. The summed E-state index contributed by atoms with van der Waals surface area (Å²) < 4.78 is 6.76. The Labute approximate surface area is 122 Å². The van der Waals surface area contributed by atoms with Gasteiger partial charge in [0.2, 0.25) is 0 Å². The summed E-state index contributed by atoms with van der Waals surface area (Å²) in [5.41, 5.74) is 2.05. The molecule has 2 aromatic rings. The third-order valence-electron chi connectivity index (χ3n) is 2.95. The second-order valence-corrected chi connectivity index (χ2v) is 5.33. The lowest BCUT2D eigenvalue weighted by Crippen LogP contribution is -1.97. The van der Waals surface area contributed by atoms with Gasteiger partial charge in [0.15, 0.2) is 0 Å². The van der Waals surface area contributed by atoms with E-state index in [1.54, 1.807) is 0 Å². The fourth-order valence-electron chi connectivity index (χ4n) is 1.82. The van der Waals surface area contributed by atoms with Crippen LogP contribution in [-0.2, 0) is 6.61 Å². The van der Waals surface area contributed by atoms with Crippen LogP contribution in [0.4, 0.5) is 0 Å². The fraction of sp³-hybridized carbons (Fsp3) is 0.250. The van der Waals surface area contributed by atoms with Gasteiger partial charge in [-0.2, -0.15) is 0 Å². The first-order valence-electron chi connectivity index (χ1n) is 6.34. The number of hydrogen-bond acceptors (Lipinski definition) is 2. The van der Waals surface area contributed by atoms with Crippen molar-refractivity contribution in [2.24, 2.45) is 0 Å². The maximum Gasteiger partial charge on any atom is 0.119 e. The molecule has 0 radical (unpaired) electrons. The van der Waals surface area contributed by atoms with Crippen LogP contribution in [0.3, 0.4) is 0 Å². The van der Waals surface area contributed by atoms with Crippen LogP contribution < -0.4 is 4.74 Å². The van der Waals surface area contributed by atoms with Crippen LogP contribution in [0.2, 0.25) is 0 Å². The number of halogens is 1. The molecule has 1 atom stereocenters. The number of ether oxygens (including phenoxy) is 1. The van der Waals surface area contributed by atoms with Crippen molar-refractivity contribution in [1.29, 1.82) is 0 Å². The van der Waals surface area contributed by atoms with Crippen LogP contribution in [0.25, 0.3) is 0 Å². The van der Waals surface area contributed by atoms with Crippen molar-refractivity contribution in [3.8, 4) is 5.75 Å². The zero-order chi connectivity index (χ0) is 13.7. The van der Waals surface area contributed by atoms with Gasteiger partial charge in [0, 0.05) is 4.47 Å². The van der Waals surface area contributed by atoms with E-state index in [4.69, 9.17) is 4.74 Å². The Morgan fingerprint density at radius 2 is 1.89 bits per heavy atom. The van der Waals surface area contributed by atoms with E-state index in [2.05, 4.69) is 15.9 Å². The number of rotatable bonds is 5. The lowest BCUT2D eigenvalue weighted by Gasteiger charge is -2.10. The van der Waals surface area contributed by atoms with Crippen LogP contribution >= 0.6 is 15.9 Å². The molecule has 2 aromatic carbocycles. The quantitative estimate of drug-likeness (QED) is 0.880. The molecule has 0 aliphatic carbocycles. The highest BCUT2D eigenvalue weighted by Gasteiger charge is 2.04. The Balaban J connectivity index is 1.96. The molecular weight excluding hydrogens is 304 g/mol. The normalized spacial score (nSPS) is 12.2. The van der Waals surface area contributed by atoms with Gasteiger partial charge in [-0.1, -0.05) is 47.1 Å². The first-order chi connectivity index (χ1) is 9.19. The van der Waals surface area contributed by atoms with Crippen molar-refractivity contribution in [2.45, 2.75) is 26.1 Å². The van der Waals surface area contributed by atoms with Gasteiger partial charge in [-0.15, -0.1) is 0 Å². The van der Waals surface area contributed by atoms with E-state index < -0.39 is 0 Å². The Kier molecular flexibility index (Phi) is 5.00. The zero-order valence-electron chi connectivity index (χ0n) is 10.8. The molecule has 3 heteroatoms. The standard InChI is InChI=1S/C16H17BrO2/c1-2-16(18)13-6-8-15(9-7-13)19-11-12-4-3-5-14(17)10-12/h3-10,16,18H,2,11H2,1H3. The molecule has 0 amide bonds. The van der Waals surface area contributed by atoms with Gasteiger partial charge in [0.25, 0.3) is 0 Å². The highest BCUT2D eigenvalue weighted by molar-refractivity contribution is 9.10. The number of aliphatic hydroxyl groups is 1. The van der Waals surface area contributed by atoms with Gasteiger partial charge in [0.1, 0.15) is 12.4 Å². The summed E-state index contributed by atoms with van der Waals surface area (Å²) in [4.78, 5) is 0. The molecule has 0 saturated heterocycles. The van der Waals surface area contributed by atoms with Gasteiger partial charge in [-0.05, 0) is 41.8 Å². The summed E-state index contributed by atoms with van der Waals surface area (Å²) in [5.74, 6) is 0.812. The zero-order valence-corrected chi connectivity index (χ0v) is 12.4. The average Bonchev–Trinajstić information content (AvgIpc) is 2.45. The minimum absolute atomic E-state index is 0.390. The topological polar surface area (TPSA) is 29.5 Å².